The van der Waals surface area contributed by atoms with Gasteiger partial charge in [-0.3, -0.25) is 0 Å². The minimum Gasteiger partial charge on any atom is -0.512 e. The molecule has 2 rings (SSSR count). The van der Waals surface area contributed by atoms with Gasteiger partial charge in [-0.15, -0.1) is 0 Å². The van der Waals surface area contributed by atoms with Crippen molar-refractivity contribution in [3.8, 4) is 0 Å². The highest BCUT2D eigenvalue weighted by Gasteiger charge is 2.39. The summed E-state index contributed by atoms with van der Waals surface area (Å²) in [5, 5.41) is 9.85. The Kier molecular flexibility index (Phi) is 4.48. The quantitative estimate of drug-likeness (QED) is 0.822. The third kappa shape index (κ3) is 3.41. The van der Waals surface area contributed by atoms with Crippen LogP contribution in [0.2, 0.25) is 0 Å². The molecule has 1 aromatic carbocycles. The highest BCUT2D eigenvalue weighted by Crippen LogP contribution is 2.40. The number of cyclic esters (lactones) is 1. The zero-order valence-corrected chi connectivity index (χ0v) is 12.1. The first kappa shape index (κ1) is 14.6. The Bertz CT molecular complexity index is 490. The summed E-state index contributed by atoms with van der Waals surface area (Å²) in [5.74, 6) is 0.267. The third-order valence-corrected chi connectivity index (χ3v) is 3.71. The van der Waals surface area contributed by atoms with Crippen LogP contribution in [0.3, 0.4) is 0 Å². The van der Waals surface area contributed by atoms with Crippen LogP contribution in [0.1, 0.15) is 45.1 Å². The lowest BCUT2D eigenvalue weighted by atomic mass is 9.82. The van der Waals surface area contributed by atoms with Crippen molar-refractivity contribution < 1.29 is 14.6 Å². The van der Waals surface area contributed by atoms with Crippen LogP contribution in [0.25, 0.3) is 0 Å². The minimum atomic E-state index is -0.716. The maximum absolute atomic E-state index is 11.7. The molecule has 1 N–H and O–H groups in total. The first-order chi connectivity index (χ1) is 9.52. The zero-order valence-electron chi connectivity index (χ0n) is 12.1. The second kappa shape index (κ2) is 6.12. The maximum Gasteiger partial charge on any atom is 0.335 e. The van der Waals surface area contributed by atoms with Crippen molar-refractivity contribution in [1.29, 1.82) is 0 Å². The summed E-state index contributed by atoms with van der Waals surface area (Å²) >= 11 is 0. The number of benzene rings is 1. The van der Waals surface area contributed by atoms with Crippen molar-refractivity contribution in [2.45, 2.75) is 45.1 Å². The molecule has 1 atom stereocenters. The summed E-state index contributed by atoms with van der Waals surface area (Å²) < 4.78 is 5.64. The van der Waals surface area contributed by atoms with E-state index in [1.807, 2.05) is 30.3 Å². The molecule has 0 saturated heterocycles. The van der Waals surface area contributed by atoms with E-state index in [9.17, 15) is 9.90 Å². The Morgan fingerprint density at radius 1 is 1.30 bits per heavy atom. The molecule has 0 unspecified atom stereocenters. The molecule has 0 spiro atoms. The van der Waals surface area contributed by atoms with Crippen LogP contribution in [0.15, 0.2) is 42.2 Å². The molecular formula is C17H22O3. The lowest BCUT2D eigenvalue weighted by molar-refractivity contribution is -0.159. The smallest absolute Gasteiger partial charge is 0.335 e. The summed E-state index contributed by atoms with van der Waals surface area (Å²) in [6, 6.07) is 9.72. The largest absolute Gasteiger partial charge is 0.512 e. The highest BCUT2D eigenvalue weighted by molar-refractivity contribution is 5.84. The topological polar surface area (TPSA) is 46.5 Å². The van der Waals surface area contributed by atoms with Gasteiger partial charge in [0.15, 0.2) is 0 Å². The van der Waals surface area contributed by atoms with E-state index >= 15 is 0 Å². The second-order valence-electron chi connectivity index (χ2n) is 5.88. The van der Waals surface area contributed by atoms with E-state index in [1.54, 1.807) is 0 Å². The molecule has 20 heavy (non-hydrogen) atoms. The fourth-order valence-electron chi connectivity index (χ4n) is 2.72. The molecule has 108 valence electrons. The van der Waals surface area contributed by atoms with Crippen LogP contribution in [0.4, 0.5) is 0 Å². The molecule has 0 aliphatic carbocycles. The normalized spacial score (nSPS) is 22.6. The number of hydrogen-bond donors (Lipinski definition) is 1. The van der Waals surface area contributed by atoms with E-state index in [1.165, 1.54) is 6.08 Å². The first-order valence-electron chi connectivity index (χ1n) is 7.20. The standard InChI is InChI=1S/C17H22O3/c1-13(2)7-6-10-17(14-8-4-3-5-9-14)12-15(18)11-16(19)20-17/h3-5,8-9,11,13,18H,6-7,10,12H2,1-2H3/t17-/m1/s1. The fraction of sp³-hybridized carbons (Fsp3) is 0.471. The molecule has 0 radical (unpaired) electrons. The third-order valence-electron chi connectivity index (χ3n) is 3.71. The summed E-state index contributed by atoms with van der Waals surface area (Å²) in [6.07, 6.45) is 4.31. The molecule has 1 aliphatic rings. The summed E-state index contributed by atoms with van der Waals surface area (Å²) in [6.45, 7) is 4.36. The van der Waals surface area contributed by atoms with Crippen molar-refractivity contribution >= 4 is 5.97 Å². The van der Waals surface area contributed by atoms with Crippen LogP contribution in [-0.4, -0.2) is 11.1 Å². The Morgan fingerprint density at radius 3 is 2.60 bits per heavy atom. The van der Waals surface area contributed by atoms with Gasteiger partial charge in [0.05, 0.1) is 6.08 Å². The first-order valence-corrected chi connectivity index (χ1v) is 7.20. The van der Waals surface area contributed by atoms with Crippen LogP contribution in [0, 0.1) is 5.92 Å². The molecule has 0 bridgehead atoms. The summed E-state index contributed by atoms with van der Waals surface area (Å²) in [4.78, 5) is 11.7. The second-order valence-corrected chi connectivity index (χ2v) is 5.88. The molecular weight excluding hydrogens is 252 g/mol. The number of carbonyl (C=O) groups is 1. The van der Waals surface area contributed by atoms with Gasteiger partial charge in [0.25, 0.3) is 0 Å². The van der Waals surface area contributed by atoms with Crippen LogP contribution < -0.4 is 0 Å². The van der Waals surface area contributed by atoms with Crippen molar-refractivity contribution in [3.05, 3.63) is 47.7 Å². The number of esters is 1. The lowest BCUT2D eigenvalue weighted by Gasteiger charge is -2.36. The van der Waals surface area contributed by atoms with Gasteiger partial charge in [0.1, 0.15) is 11.4 Å². The van der Waals surface area contributed by atoms with Crippen LogP contribution in [0.5, 0.6) is 0 Å². The Morgan fingerprint density at radius 2 is 2.00 bits per heavy atom. The van der Waals surface area contributed by atoms with Gasteiger partial charge in [0, 0.05) is 6.42 Å². The number of hydrogen-bond acceptors (Lipinski definition) is 3. The predicted octanol–water partition coefficient (Wildman–Crippen LogP) is 4.10. The molecule has 1 aliphatic heterocycles. The van der Waals surface area contributed by atoms with E-state index in [2.05, 4.69) is 13.8 Å². The van der Waals surface area contributed by atoms with E-state index in [0.29, 0.717) is 12.3 Å². The van der Waals surface area contributed by atoms with Gasteiger partial charge >= 0.3 is 5.97 Å². The average molecular weight is 274 g/mol. The van der Waals surface area contributed by atoms with Crippen LogP contribution >= 0.6 is 0 Å². The Hall–Kier alpha value is -1.77. The van der Waals surface area contributed by atoms with E-state index in [0.717, 1.165) is 24.8 Å². The van der Waals surface area contributed by atoms with Crippen molar-refractivity contribution in [3.63, 3.8) is 0 Å². The van der Waals surface area contributed by atoms with Crippen molar-refractivity contribution in [2.75, 3.05) is 0 Å². The molecule has 1 heterocycles. The average Bonchev–Trinajstić information content (AvgIpc) is 2.38. The molecule has 0 aromatic heterocycles. The predicted molar refractivity (Wildman–Crippen MR) is 78.2 cm³/mol. The van der Waals surface area contributed by atoms with Gasteiger partial charge in [-0.25, -0.2) is 4.79 Å². The number of carbonyl (C=O) groups excluding carboxylic acids is 1. The monoisotopic (exact) mass is 274 g/mol. The fourth-order valence-corrected chi connectivity index (χ4v) is 2.72. The van der Waals surface area contributed by atoms with Gasteiger partial charge in [0.2, 0.25) is 0 Å². The number of aliphatic hydroxyl groups excluding tert-OH is 1. The SMILES string of the molecule is CC(C)CCC[C@]1(c2ccccc2)CC(O)=CC(=O)O1. The van der Waals surface area contributed by atoms with E-state index < -0.39 is 11.6 Å². The van der Waals surface area contributed by atoms with Gasteiger partial charge in [-0.2, -0.15) is 0 Å². The van der Waals surface area contributed by atoms with E-state index in [4.69, 9.17) is 4.74 Å². The summed E-state index contributed by atoms with van der Waals surface area (Å²) in [7, 11) is 0. The Balaban J connectivity index is 2.25. The number of rotatable bonds is 5. The molecule has 0 saturated carbocycles. The zero-order chi connectivity index (χ0) is 14.6. The number of ether oxygens (including phenoxy) is 1. The number of aliphatic hydroxyl groups is 1. The van der Waals surface area contributed by atoms with Crippen molar-refractivity contribution in [2.24, 2.45) is 5.92 Å². The molecule has 1 aromatic rings. The van der Waals surface area contributed by atoms with E-state index in [-0.39, 0.29) is 5.76 Å². The Labute approximate surface area is 120 Å². The molecule has 0 amide bonds. The van der Waals surface area contributed by atoms with Crippen LogP contribution in [-0.2, 0) is 15.1 Å². The molecule has 0 fully saturated rings. The highest BCUT2D eigenvalue weighted by atomic mass is 16.6. The van der Waals surface area contributed by atoms with Gasteiger partial charge < -0.3 is 9.84 Å². The van der Waals surface area contributed by atoms with Gasteiger partial charge in [-0.05, 0) is 24.3 Å². The maximum atomic E-state index is 11.7. The lowest BCUT2D eigenvalue weighted by Crippen LogP contribution is -2.35. The van der Waals surface area contributed by atoms with Crippen molar-refractivity contribution in [1.82, 2.24) is 0 Å². The molecule has 3 heteroatoms. The van der Waals surface area contributed by atoms with Gasteiger partial charge in [-0.1, -0.05) is 50.6 Å². The summed E-state index contributed by atoms with van der Waals surface area (Å²) in [5.41, 5.74) is 0.239. The minimum absolute atomic E-state index is 0.106. The molecule has 3 nitrogen and oxygen atoms in total.